The van der Waals surface area contributed by atoms with E-state index in [1.54, 1.807) is 12.4 Å². The van der Waals surface area contributed by atoms with Crippen molar-refractivity contribution >= 4 is 11.6 Å². The van der Waals surface area contributed by atoms with Gasteiger partial charge in [-0.05, 0) is 31.5 Å². The highest BCUT2D eigenvalue weighted by Gasteiger charge is 2.13. The van der Waals surface area contributed by atoms with E-state index in [0.717, 1.165) is 22.5 Å². The Labute approximate surface area is 117 Å². The van der Waals surface area contributed by atoms with Crippen molar-refractivity contribution in [3.8, 4) is 17.0 Å². The Kier molecular flexibility index (Phi) is 4.35. The molecular weight excluding hydrogens is 262 g/mol. The van der Waals surface area contributed by atoms with E-state index in [2.05, 4.69) is 9.97 Å². The van der Waals surface area contributed by atoms with Crippen LogP contribution in [0.3, 0.4) is 0 Å². The van der Waals surface area contributed by atoms with Gasteiger partial charge in [0.1, 0.15) is 5.75 Å². The molecule has 0 saturated carbocycles. The summed E-state index contributed by atoms with van der Waals surface area (Å²) < 4.78 is 5.47. The second-order valence-corrected chi connectivity index (χ2v) is 4.49. The first-order valence-electron chi connectivity index (χ1n) is 6.10. The monoisotopic (exact) mass is 277 g/mol. The van der Waals surface area contributed by atoms with E-state index in [0.29, 0.717) is 23.9 Å². The Morgan fingerprint density at radius 3 is 2.68 bits per heavy atom. The topological polar surface area (TPSA) is 61.0 Å². The van der Waals surface area contributed by atoms with E-state index in [9.17, 15) is 0 Å². The predicted octanol–water partition coefficient (Wildman–Crippen LogP) is 2.96. The average molecular weight is 278 g/mol. The van der Waals surface area contributed by atoms with Crippen LogP contribution in [0.25, 0.3) is 11.3 Å². The fourth-order valence-corrected chi connectivity index (χ4v) is 2.14. The Bertz CT molecular complexity index is 587. The maximum atomic E-state index is 6.22. The molecule has 5 heteroatoms. The minimum absolute atomic E-state index is 0.341. The zero-order chi connectivity index (χ0) is 13.8. The number of aromatic nitrogens is 2. The number of benzene rings is 1. The lowest BCUT2D eigenvalue weighted by Gasteiger charge is -2.12. The molecular formula is C14H16ClN3O. The van der Waals surface area contributed by atoms with Gasteiger partial charge in [0, 0.05) is 24.5 Å². The lowest BCUT2D eigenvalue weighted by atomic mass is 10.0. The molecule has 0 atom stereocenters. The van der Waals surface area contributed by atoms with Gasteiger partial charge in [0.15, 0.2) is 0 Å². The molecule has 1 aromatic heterocycles. The van der Waals surface area contributed by atoms with E-state index >= 15 is 0 Å². The van der Waals surface area contributed by atoms with Crippen molar-refractivity contribution in [2.45, 2.75) is 20.4 Å². The first kappa shape index (κ1) is 13.8. The Morgan fingerprint density at radius 1 is 1.26 bits per heavy atom. The summed E-state index contributed by atoms with van der Waals surface area (Å²) >= 11 is 6.22. The standard InChI is InChI=1S/C14H16ClN3O/c1-3-19-13-6-9(2)10(7-11(13)15)14-12(8-16)17-4-5-18-14/h4-7H,3,8,16H2,1-2H3. The lowest BCUT2D eigenvalue weighted by molar-refractivity contribution is 0.340. The number of hydrogen-bond donors (Lipinski definition) is 1. The highest BCUT2D eigenvalue weighted by atomic mass is 35.5. The molecule has 0 bridgehead atoms. The predicted molar refractivity (Wildman–Crippen MR) is 76.3 cm³/mol. The van der Waals surface area contributed by atoms with Crippen molar-refractivity contribution in [1.29, 1.82) is 0 Å². The van der Waals surface area contributed by atoms with Gasteiger partial charge in [-0.3, -0.25) is 9.97 Å². The maximum absolute atomic E-state index is 6.22. The van der Waals surface area contributed by atoms with Crippen LogP contribution in [-0.4, -0.2) is 16.6 Å². The molecule has 0 radical (unpaired) electrons. The number of rotatable bonds is 4. The molecule has 0 aliphatic rings. The van der Waals surface area contributed by atoms with Crippen LogP contribution in [0.15, 0.2) is 24.5 Å². The summed E-state index contributed by atoms with van der Waals surface area (Å²) in [5.41, 5.74) is 9.18. The van der Waals surface area contributed by atoms with Crippen molar-refractivity contribution < 1.29 is 4.74 Å². The van der Waals surface area contributed by atoms with Gasteiger partial charge in [0.25, 0.3) is 0 Å². The van der Waals surface area contributed by atoms with Gasteiger partial charge < -0.3 is 10.5 Å². The normalized spacial score (nSPS) is 10.5. The van der Waals surface area contributed by atoms with Crippen LogP contribution in [0.5, 0.6) is 5.75 Å². The highest BCUT2D eigenvalue weighted by Crippen LogP contribution is 2.33. The summed E-state index contributed by atoms with van der Waals surface area (Å²) in [4.78, 5) is 8.60. The van der Waals surface area contributed by atoms with Crippen LogP contribution < -0.4 is 10.5 Å². The van der Waals surface area contributed by atoms with Crippen molar-refractivity contribution in [3.05, 3.63) is 40.8 Å². The summed E-state index contributed by atoms with van der Waals surface area (Å²) in [5, 5.41) is 0.566. The quantitative estimate of drug-likeness (QED) is 0.933. The lowest BCUT2D eigenvalue weighted by Crippen LogP contribution is -2.04. The molecule has 0 aliphatic heterocycles. The van der Waals surface area contributed by atoms with Crippen molar-refractivity contribution in [3.63, 3.8) is 0 Å². The van der Waals surface area contributed by atoms with Crippen LogP contribution >= 0.6 is 11.6 Å². The third-order valence-electron chi connectivity index (χ3n) is 2.80. The van der Waals surface area contributed by atoms with Gasteiger partial charge >= 0.3 is 0 Å². The maximum Gasteiger partial charge on any atom is 0.138 e. The van der Waals surface area contributed by atoms with Crippen LogP contribution in [0.2, 0.25) is 5.02 Å². The molecule has 1 aromatic carbocycles. The third-order valence-corrected chi connectivity index (χ3v) is 3.10. The van der Waals surface area contributed by atoms with Crippen molar-refractivity contribution in [2.75, 3.05) is 6.61 Å². The van der Waals surface area contributed by atoms with Gasteiger partial charge in [0.05, 0.1) is 23.0 Å². The van der Waals surface area contributed by atoms with Crippen LogP contribution in [0.1, 0.15) is 18.2 Å². The molecule has 0 fully saturated rings. The highest BCUT2D eigenvalue weighted by molar-refractivity contribution is 6.32. The van der Waals surface area contributed by atoms with Gasteiger partial charge in [0.2, 0.25) is 0 Å². The van der Waals surface area contributed by atoms with E-state index in [-0.39, 0.29) is 0 Å². The van der Waals surface area contributed by atoms with Crippen LogP contribution in [-0.2, 0) is 6.54 Å². The first-order chi connectivity index (χ1) is 9.17. The first-order valence-corrected chi connectivity index (χ1v) is 6.48. The van der Waals surface area contributed by atoms with Gasteiger partial charge in [-0.25, -0.2) is 0 Å². The SMILES string of the molecule is CCOc1cc(C)c(-c2nccnc2CN)cc1Cl. The summed E-state index contributed by atoms with van der Waals surface area (Å²) in [6, 6.07) is 3.77. The molecule has 2 N–H and O–H groups in total. The Morgan fingerprint density at radius 2 is 2.00 bits per heavy atom. The third kappa shape index (κ3) is 2.85. The number of nitrogens with zero attached hydrogens (tertiary/aromatic N) is 2. The molecule has 1 heterocycles. The van der Waals surface area contributed by atoms with E-state index in [1.165, 1.54) is 0 Å². The molecule has 19 heavy (non-hydrogen) atoms. The van der Waals surface area contributed by atoms with Gasteiger partial charge in [-0.1, -0.05) is 11.6 Å². The molecule has 2 rings (SSSR count). The number of hydrogen-bond acceptors (Lipinski definition) is 4. The van der Waals surface area contributed by atoms with E-state index in [1.807, 2.05) is 26.0 Å². The second-order valence-electron chi connectivity index (χ2n) is 4.09. The van der Waals surface area contributed by atoms with E-state index in [4.69, 9.17) is 22.1 Å². The van der Waals surface area contributed by atoms with E-state index < -0.39 is 0 Å². The summed E-state index contributed by atoms with van der Waals surface area (Å²) in [7, 11) is 0. The van der Waals surface area contributed by atoms with Gasteiger partial charge in [-0.15, -0.1) is 0 Å². The molecule has 0 unspecified atom stereocenters. The number of nitrogens with two attached hydrogens (primary N) is 1. The molecule has 0 aliphatic carbocycles. The Balaban J connectivity index is 2.54. The molecule has 100 valence electrons. The second kappa shape index (κ2) is 5.99. The van der Waals surface area contributed by atoms with Crippen LogP contribution in [0, 0.1) is 6.92 Å². The molecule has 0 saturated heterocycles. The number of ether oxygens (including phenoxy) is 1. The Hall–Kier alpha value is -1.65. The molecule has 4 nitrogen and oxygen atoms in total. The number of halogens is 1. The number of aryl methyl sites for hydroxylation is 1. The van der Waals surface area contributed by atoms with Crippen molar-refractivity contribution in [2.24, 2.45) is 5.73 Å². The molecule has 0 amide bonds. The average Bonchev–Trinajstić information content (AvgIpc) is 2.43. The fourth-order valence-electron chi connectivity index (χ4n) is 1.92. The van der Waals surface area contributed by atoms with Crippen LogP contribution in [0.4, 0.5) is 0 Å². The fraction of sp³-hybridized carbons (Fsp3) is 0.286. The molecule has 2 aromatic rings. The zero-order valence-corrected chi connectivity index (χ0v) is 11.7. The summed E-state index contributed by atoms with van der Waals surface area (Å²) in [6.07, 6.45) is 3.29. The minimum Gasteiger partial charge on any atom is -0.492 e. The summed E-state index contributed by atoms with van der Waals surface area (Å²) in [5.74, 6) is 0.684. The largest absolute Gasteiger partial charge is 0.492 e. The molecule has 0 spiro atoms. The zero-order valence-electron chi connectivity index (χ0n) is 11.0. The smallest absolute Gasteiger partial charge is 0.138 e. The minimum atomic E-state index is 0.341. The van der Waals surface area contributed by atoms with Gasteiger partial charge in [-0.2, -0.15) is 0 Å². The van der Waals surface area contributed by atoms with Crippen molar-refractivity contribution in [1.82, 2.24) is 9.97 Å². The summed E-state index contributed by atoms with van der Waals surface area (Å²) in [6.45, 7) is 4.84.